The first kappa shape index (κ1) is 20.5. The van der Waals surface area contributed by atoms with Gasteiger partial charge in [0.25, 0.3) is 11.4 Å². The van der Waals surface area contributed by atoms with E-state index in [2.05, 4.69) is 0 Å². The Morgan fingerprint density at radius 2 is 0.969 bits per heavy atom. The monoisotopic (exact) mass is 440 g/mol. The number of hydrogen-bond acceptors (Lipinski definition) is 10. The van der Waals surface area contributed by atoms with Gasteiger partial charge in [-0.15, -0.1) is 0 Å². The van der Waals surface area contributed by atoms with Crippen molar-refractivity contribution < 1.29 is 39.1 Å². The molecule has 12 nitrogen and oxygen atoms in total. The molecule has 0 bridgehead atoms. The van der Waals surface area contributed by atoms with Crippen molar-refractivity contribution in [2.24, 2.45) is 0 Å². The largest absolute Gasteiger partial charge is 0.507 e. The van der Waals surface area contributed by atoms with Crippen LogP contribution in [0.15, 0.2) is 60.0 Å². The van der Waals surface area contributed by atoms with Gasteiger partial charge in [0.15, 0.2) is 11.5 Å². The number of esters is 2. The maximum absolute atomic E-state index is 12.3. The van der Waals surface area contributed by atoms with Gasteiger partial charge >= 0.3 is 11.9 Å². The minimum Gasteiger partial charge on any atom is -0.507 e. The van der Waals surface area contributed by atoms with Crippen LogP contribution in [0, 0.1) is 20.2 Å². The van der Waals surface area contributed by atoms with Crippen molar-refractivity contribution in [3.05, 3.63) is 91.4 Å². The summed E-state index contributed by atoms with van der Waals surface area (Å²) in [6.45, 7) is 0. The molecule has 0 saturated heterocycles. The third kappa shape index (κ3) is 3.29. The van der Waals surface area contributed by atoms with E-state index in [0.29, 0.717) is 0 Å². The van der Waals surface area contributed by atoms with Crippen molar-refractivity contribution in [2.75, 3.05) is 0 Å². The predicted molar refractivity (Wildman–Crippen MR) is 105 cm³/mol. The van der Waals surface area contributed by atoms with Gasteiger partial charge in [-0.1, -0.05) is 0 Å². The van der Waals surface area contributed by atoms with E-state index in [0.717, 1.165) is 24.3 Å². The van der Waals surface area contributed by atoms with E-state index in [-0.39, 0.29) is 33.6 Å². The normalized spacial score (nSPS) is 20.4. The number of nitro benzene ring substituents is 2. The Labute approximate surface area is 177 Å². The molecule has 2 aromatic carbocycles. The number of cyclic esters (lactones) is 2. The van der Waals surface area contributed by atoms with Crippen molar-refractivity contribution in [3.8, 4) is 0 Å². The van der Waals surface area contributed by atoms with Gasteiger partial charge in [-0.25, -0.2) is 9.59 Å². The topological polar surface area (TPSA) is 179 Å². The summed E-state index contributed by atoms with van der Waals surface area (Å²) in [5.41, 5.74) is -0.785. The molecular formula is C20H12N2O10. The fourth-order valence-electron chi connectivity index (χ4n) is 3.40. The third-order valence-corrected chi connectivity index (χ3v) is 4.94. The molecule has 4 rings (SSSR count). The van der Waals surface area contributed by atoms with E-state index in [9.17, 15) is 40.0 Å². The minimum atomic E-state index is -1.55. The zero-order valence-electron chi connectivity index (χ0n) is 15.8. The molecule has 2 N–H and O–H groups in total. The van der Waals surface area contributed by atoms with Crippen molar-refractivity contribution in [1.29, 1.82) is 0 Å². The van der Waals surface area contributed by atoms with Crippen LogP contribution in [0.2, 0.25) is 0 Å². The molecular weight excluding hydrogens is 428 g/mol. The van der Waals surface area contributed by atoms with E-state index in [1.165, 1.54) is 24.3 Å². The molecule has 0 amide bonds. The van der Waals surface area contributed by atoms with Gasteiger partial charge in [0, 0.05) is 24.3 Å². The highest BCUT2D eigenvalue weighted by atomic mass is 16.6. The average molecular weight is 440 g/mol. The minimum absolute atomic E-state index is 0.129. The summed E-state index contributed by atoms with van der Waals surface area (Å²) < 4.78 is 10.2. The van der Waals surface area contributed by atoms with Crippen LogP contribution in [0.4, 0.5) is 11.4 Å². The smallest absolute Gasteiger partial charge is 0.343 e. The number of ether oxygens (including phenoxy) is 2. The molecule has 2 heterocycles. The van der Waals surface area contributed by atoms with Crippen LogP contribution in [0.25, 0.3) is 11.1 Å². The summed E-state index contributed by atoms with van der Waals surface area (Å²) in [4.78, 5) is 45.0. The van der Waals surface area contributed by atoms with Crippen LogP contribution in [0.5, 0.6) is 0 Å². The number of nitrogens with zero attached hydrogens (tertiary/aromatic N) is 2. The number of aliphatic hydroxyl groups excluding tert-OH is 2. The maximum atomic E-state index is 12.3. The second kappa shape index (κ2) is 7.50. The Morgan fingerprint density at radius 1 is 0.656 bits per heavy atom. The van der Waals surface area contributed by atoms with Gasteiger partial charge in [-0.2, -0.15) is 0 Å². The second-order valence-corrected chi connectivity index (χ2v) is 6.78. The Kier molecular flexibility index (Phi) is 4.81. The zero-order valence-corrected chi connectivity index (χ0v) is 15.8. The van der Waals surface area contributed by atoms with Gasteiger partial charge in [0.05, 0.1) is 9.85 Å². The van der Waals surface area contributed by atoms with Crippen molar-refractivity contribution >= 4 is 34.5 Å². The van der Waals surface area contributed by atoms with Gasteiger partial charge < -0.3 is 19.7 Å². The predicted octanol–water partition coefficient (Wildman–Crippen LogP) is 2.59. The van der Waals surface area contributed by atoms with Crippen LogP contribution >= 0.6 is 0 Å². The van der Waals surface area contributed by atoms with Crippen LogP contribution in [-0.2, 0) is 19.1 Å². The SMILES string of the molecule is O=C1O[C@H]([C@H]2OC(=O)C(c3ccc([N+](=O)[O-])cc3)=C2O)C(O)=C1c1ccc([N+](=O)[O-])cc1. The lowest BCUT2D eigenvalue weighted by Crippen LogP contribution is -2.31. The summed E-state index contributed by atoms with van der Waals surface area (Å²) in [7, 11) is 0. The maximum Gasteiger partial charge on any atom is 0.343 e. The molecule has 2 aliphatic heterocycles. The molecule has 0 radical (unpaired) electrons. The number of benzene rings is 2. The molecule has 2 aromatic rings. The van der Waals surface area contributed by atoms with E-state index in [1.54, 1.807) is 0 Å². The second-order valence-electron chi connectivity index (χ2n) is 6.78. The summed E-state index contributed by atoms with van der Waals surface area (Å²) in [5, 5.41) is 42.7. The highest BCUT2D eigenvalue weighted by molar-refractivity contribution is 6.21. The number of hydrogen-bond donors (Lipinski definition) is 2. The first-order valence-electron chi connectivity index (χ1n) is 8.97. The van der Waals surface area contributed by atoms with E-state index in [1.807, 2.05) is 0 Å². The lowest BCUT2D eigenvalue weighted by Gasteiger charge is -2.17. The Bertz CT molecular complexity index is 1130. The molecule has 0 unspecified atom stereocenters. The summed E-state index contributed by atoms with van der Waals surface area (Å²) >= 11 is 0. The van der Waals surface area contributed by atoms with Gasteiger partial charge in [0.1, 0.15) is 11.1 Å². The van der Waals surface area contributed by atoms with Crippen molar-refractivity contribution in [2.45, 2.75) is 12.2 Å². The summed E-state index contributed by atoms with van der Waals surface area (Å²) in [5.74, 6) is -3.21. The highest BCUT2D eigenvalue weighted by Gasteiger charge is 2.48. The summed E-state index contributed by atoms with van der Waals surface area (Å²) in [6, 6.07) is 9.51. The molecule has 0 saturated carbocycles. The van der Waals surface area contributed by atoms with Crippen LogP contribution < -0.4 is 0 Å². The molecule has 2 aliphatic rings. The zero-order chi connectivity index (χ0) is 23.2. The fraction of sp³-hybridized carbons (Fsp3) is 0.100. The van der Waals surface area contributed by atoms with Gasteiger partial charge in [-0.05, 0) is 35.4 Å². The molecule has 32 heavy (non-hydrogen) atoms. The molecule has 0 fully saturated rings. The molecule has 162 valence electrons. The quantitative estimate of drug-likeness (QED) is 0.398. The number of nitro groups is 2. The van der Waals surface area contributed by atoms with E-state index in [4.69, 9.17) is 9.47 Å². The van der Waals surface area contributed by atoms with Crippen LogP contribution in [-0.4, -0.2) is 44.2 Å². The molecule has 0 spiro atoms. The van der Waals surface area contributed by atoms with Crippen molar-refractivity contribution in [1.82, 2.24) is 0 Å². The molecule has 0 aromatic heterocycles. The standard InChI is InChI=1S/C20H12N2O10/c23-15-13(9-1-5-11(6-2-9)21(27)28)19(25)31-17(15)18-16(24)14(20(26)32-18)10-3-7-12(8-4-10)22(29)30/h1-8,17-18,23-24H/t17-,18-/m0/s1. The highest BCUT2D eigenvalue weighted by Crippen LogP contribution is 2.38. The molecule has 2 atom stereocenters. The van der Waals surface area contributed by atoms with Crippen LogP contribution in [0.3, 0.4) is 0 Å². The van der Waals surface area contributed by atoms with Crippen molar-refractivity contribution in [3.63, 3.8) is 0 Å². The fourth-order valence-corrected chi connectivity index (χ4v) is 3.40. The molecule has 0 aliphatic carbocycles. The first-order chi connectivity index (χ1) is 15.2. The number of non-ortho nitro benzene ring substituents is 2. The van der Waals surface area contributed by atoms with Gasteiger partial charge in [0.2, 0.25) is 12.2 Å². The average Bonchev–Trinajstić information content (AvgIpc) is 3.22. The van der Waals surface area contributed by atoms with E-state index < -0.39 is 45.5 Å². The lowest BCUT2D eigenvalue weighted by atomic mass is 10.00. The van der Waals surface area contributed by atoms with Gasteiger partial charge in [-0.3, -0.25) is 20.2 Å². The number of rotatable bonds is 5. The van der Waals surface area contributed by atoms with Crippen LogP contribution in [0.1, 0.15) is 11.1 Å². The lowest BCUT2D eigenvalue weighted by molar-refractivity contribution is -0.385. The first-order valence-corrected chi connectivity index (χ1v) is 8.97. The third-order valence-electron chi connectivity index (χ3n) is 4.94. The number of carbonyl (C=O) groups excluding carboxylic acids is 2. The Morgan fingerprint density at radius 3 is 1.25 bits per heavy atom. The number of aliphatic hydroxyl groups is 2. The summed E-state index contributed by atoms with van der Waals surface area (Å²) in [6.07, 6.45) is -3.10. The Balaban J connectivity index is 1.67. The Hall–Kier alpha value is -4.74. The number of carbonyl (C=O) groups is 2. The molecule has 12 heteroatoms. The van der Waals surface area contributed by atoms with E-state index >= 15 is 0 Å².